The summed E-state index contributed by atoms with van der Waals surface area (Å²) in [5.74, 6) is 0.0478. The standard InChI is InChI=1S/C25H24ClF3N4O2/c1-13(2)35-20(34)9-8-18-24-31-12-14(3)33(24)19-11-16(25(27,28)29)22(26)15(4)21(19)23(32-18)17-7-5-6-10-30-17/h5-7,10-13,18H,8-9H2,1-4H3/t18-/m0/s1. The number of pyridine rings is 1. The number of benzene rings is 1. The molecule has 3 heterocycles. The Hall–Kier alpha value is -3.20. The molecule has 1 aromatic carbocycles. The van der Waals surface area contributed by atoms with E-state index in [2.05, 4.69) is 9.97 Å². The summed E-state index contributed by atoms with van der Waals surface area (Å²) in [5.41, 5.74) is 1.50. The minimum Gasteiger partial charge on any atom is -0.463 e. The van der Waals surface area contributed by atoms with E-state index in [-0.39, 0.29) is 36.2 Å². The molecule has 0 saturated heterocycles. The van der Waals surface area contributed by atoms with Crippen LogP contribution in [0.3, 0.4) is 0 Å². The van der Waals surface area contributed by atoms with Gasteiger partial charge in [-0.05, 0) is 57.9 Å². The zero-order valence-electron chi connectivity index (χ0n) is 19.7. The number of aromatic nitrogens is 3. The molecule has 1 atom stereocenters. The highest BCUT2D eigenvalue weighted by Crippen LogP contribution is 2.43. The van der Waals surface area contributed by atoms with Crippen molar-refractivity contribution in [1.82, 2.24) is 14.5 Å². The van der Waals surface area contributed by atoms with Crippen molar-refractivity contribution in [3.05, 3.63) is 75.6 Å². The molecule has 0 bridgehead atoms. The second-order valence-electron chi connectivity index (χ2n) is 8.63. The number of fused-ring (bicyclic) bond motifs is 3. The molecule has 4 rings (SSSR count). The third-order valence-electron chi connectivity index (χ3n) is 5.71. The molecule has 10 heteroatoms. The predicted molar refractivity (Wildman–Crippen MR) is 126 cm³/mol. The molecule has 2 aromatic heterocycles. The molecule has 0 amide bonds. The molecule has 0 saturated carbocycles. The maximum Gasteiger partial charge on any atom is 0.417 e. The van der Waals surface area contributed by atoms with Gasteiger partial charge >= 0.3 is 12.1 Å². The number of carbonyl (C=O) groups excluding carboxylic acids is 1. The third kappa shape index (κ3) is 4.82. The maximum absolute atomic E-state index is 13.9. The first-order valence-electron chi connectivity index (χ1n) is 11.1. The van der Waals surface area contributed by atoms with E-state index in [1.54, 1.807) is 62.9 Å². The van der Waals surface area contributed by atoms with Gasteiger partial charge in [-0.15, -0.1) is 0 Å². The Balaban J connectivity index is 1.97. The molecule has 0 aliphatic carbocycles. The predicted octanol–water partition coefficient (Wildman–Crippen LogP) is 6.18. The summed E-state index contributed by atoms with van der Waals surface area (Å²) in [6.45, 7) is 6.82. The Kier molecular flexibility index (Phi) is 6.73. The number of esters is 1. The number of hydrogen-bond donors (Lipinski definition) is 0. The Morgan fingerprint density at radius 2 is 1.97 bits per heavy atom. The topological polar surface area (TPSA) is 69.4 Å². The minimum atomic E-state index is -4.65. The van der Waals surface area contributed by atoms with Crippen molar-refractivity contribution >= 4 is 23.3 Å². The zero-order valence-corrected chi connectivity index (χ0v) is 20.4. The van der Waals surface area contributed by atoms with Crippen LogP contribution in [0.5, 0.6) is 0 Å². The summed E-state index contributed by atoms with van der Waals surface area (Å²) in [4.78, 5) is 26.1. The zero-order chi connectivity index (χ0) is 25.5. The Bertz CT molecular complexity index is 1300. The fourth-order valence-corrected chi connectivity index (χ4v) is 4.46. The molecule has 0 N–H and O–H groups in total. The van der Waals surface area contributed by atoms with Crippen LogP contribution in [0.25, 0.3) is 5.69 Å². The van der Waals surface area contributed by atoms with Crippen LogP contribution in [0.2, 0.25) is 5.02 Å². The number of imidazole rings is 1. The molecule has 0 fully saturated rings. The van der Waals surface area contributed by atoms with E-state index in [1.807, 2.05) is 0 Å². The second-order valence-corrected chi connectivity index (χ2v) is 9.01. The summed E-state index contributed by atoms with van der Waals surface area (Å²) in [7, 11) is 0. The first-order chi connectivity index (χ1) is 16.5. The highest BCUT2D eigenvalue weighted by molar-refractivity contribution is 6.33. The summed E-state index contributed by atoms with van der Waals surface area (Å²) in [6, 6.07) is 5.66. The average Bonchev–Trinajstić information content (AvgIpc) is 3.09. The number of halogens is 4. The number of carbonyl (C=O) groups is 1. The summed E-state index contributed by atoms with van der Waals surface area (Å²) >= 11 is 6.27. The lowest BCUT2D eigenvalue weighted by Crippen LogP contribution is -2.16. The van der Waals surface area contributed by atoms with Crippen LogP contribution in [0.1, 0.15) is 66.6 Å². The van der Waals surface area contributed by atoms with Gasteiger partial charge in [0.1, 0.15) is 11.9 Å². The van der Waals surface area contributed by atoms with E-state index < -0.39 is 22.8 Å². The number of alkyl halides is 3. The Labute approximate surface area is 205 Å². The molecule has 6 nitrogen and oxygen atoms in total. The van der Waals surface area contributed by atoms with Gasteiger partial charge in [0.15, 0.2) is 0 Å². The van der Waals surface area contributed by atoms with Crippen LogP contribution < -0.4 is 0 Å². The highest BCUT2D eigenvalue weighted by atomic mass is 35.5. The normalized spacial score (nSPS) is 15.3. The van der Waals surface area contributed by atoms with Crippen LogP contribution >= 0.6 is 11.6 Å². The molecular formula is C25H24ClF3N4O2. The smallest absolute Gasteiger partial charge is 0.417 e. The fraction of sp³-hybridized carbons (Fsp3) is 0.360. The second kappa shape index (κ2) is 9.45. The molecular weight excluding hydrogens is 481 g/mol. The van der Waals surface area contributed by atoms with Gasteiger partial charge in [0.2, 0.25) is 0 Å². The molecule has 0 radical (unpaired) electrons. The van der Waals surface area contributed by atoms with Gasteiger partial charge in [-0.2, -0.15) is 13.2 Å². The Morgan fingerprint density at radius 1 is 1.23 bits per heavy atom. The lowest BCUT2D eigenvalue weighted by Gasteiger charge is -2.20. The summed E-state index contributed by atoms with van der Waals surface area (Å²) < 4.78 is 48.6. The molecule has 184 valence electrons. The molecule has 0 unspecified atom stereocenters. The van der Waals surface area contributed by atoms with Crippen molar-refractivity contribution in [3.63, 3.8) is 0 Å². The van der Waals surface area contributed by atoms with E-state index in [4.69, 9.17) is 21.3 Å². The SMILES string of the molecule is Cc1c(Cl)c(C(F)(F)F)cc2c1C(c1ccccn1)=N[C@@H](CCC(=O)OC(C)C)c1ncc(C)n1-2. The van der Waals surface area contributed by atoms with Crippen LogP contribution in [-0.2, 0) is 15.7 Å². The van der Waals surface area contributed by atoms with Crippen molar-refractivity contribution in [3.8, 4) is 5.69 Å². The van der Waals surface area contributed by atoms with E-state index >= 15 is 0 Å². The Morgan fingerprint density at radius 3 is 2.60 bits per heavy atom. The van der Waals surface area contributed by atoms with Crippen LogP contribution in [0, 0.1) is 13.8 Å². The number of aliphatic imine (C=N–C) groups is 1. The third-order valence-corrected chi connectivity index (χ3v) is 6.19. The number of hydrogen-bond acceptors (Lipinski definition) is 5. The number of nitrogens with zero attached hydrogens (tertiary/aromatic N) is 4. The molecule has 35 heavy (non-hydrogen) atoms. The van der Waals surface area contributed by atoms with Crippen molar-refractivity contribution in [1.29, 1.82) is 0 Å². The van der Waals surface area contributed by atoms with E-state index in [1.165, 1.54) is 0 Å². The lowest BCUT2D eigenvalue weighted by molar-refractivity contribution is -0.147. The van der Waals surface area contributed by atoms with Crippen LogP contribution in [0.15, 0.2) is 41.7 Å². The summed E-state index contributed by atoms with van der Waals surface area (Å²) in [6.07, 6.45) is -1.43. The van der Waals surface area contributed by atoms with Gasteiger partial charge in [0.25, 0.3) is 0 Å². The summed E-state index contributed by atoms with van der Waals surface area (Å²) in [5, 5.41) is -0.391. The quantitative estimate of drug-likeness (QED) is 0.389. The minimum absolute atomic E-state index is 0.0671. The van der Waals surface area contributed by atoms with Gasteiger partial charge in [0, 0.05) is 30.1 Å². The van der Waals surface area contributed by atoms with Crippen LogP contribution in [-0.4, -0.2) is 32.3 Å². The van der Waals surface area contributed by atoms with Gasteiger partial charge in [0.05, 0.1) is 33.8 Å². The molecule has 1 aliphatic rings. The highest BCUT2D eigenvalue weighted by Gasteiger charge is 2.38. The van der Waals surface area contributed by atoms with E-state index in [9.17, 15) is 18.0 Å². The van der Waals surface area contributed by atoms with Gasteiger partial charge < -0.3 is 4.74 Å². The lowest BCUT2D eigenvalue weighted by atomic mass is 9.95. The van der Waals surface area contributed by atoms with Crippen molar-refractivity contribution in [2.24, 2.45) is 4.99 Å². The van der Waals surface area contributed by atoms with E-state index in [0.717, 1.165) is 6.07 Å². The van der Waals surface area contributed by atoms with Gasteiger partial charge in [-0.3, -0.25) is 19.3 Å². The van der Waals surface area contributed by atoms with Crippen molar-refractivity contribution in [2.75, 3.05) is 0 Å². The first-order valence-corrected chi connectivity index (χ1v) is 11.5. The van der Waals surface area contributed by atoms with Crippen LogP contribution in [0.4, 0.5) is 13.2 Å². The van der Waals surface area contributed by atoms with Crippen molar-refractivity contribution in [2.45, 2.75) is 58.9 Å². The monoisotopic (exact) mass is 504 g/mol. The number of ether oxygens (including phenoxy) is 1. The van der Waals surface area contributed by atoms with Gasteiger partial charge in [-0.25, -0.2) is 4.98 Å². The number of aryl methyl sites for hydroxylation is 1. The molecule has 3 aromatic rings. The molecule has 1 aliphatic heterocycles. The number of rotatable bonds is 5. The van der Waals surface area contributed by atoms with Gasteiger partial charge in [-0.1, -0.05) is 17.7 Å². The average molecular weight is 505 g/mol. The molecule has 0 spiro atoms. The van der Waals surface area contributed by atoms with E-state index in [0.29, 0.717) is 28.5 Å². The maximum atomic E-state index is 13.9. The largest absolute Gasteiger partial charge is 0.463 e. The fourth-order valence-electron chi connectivity index (χ4n) is 4.21. The first kappa shape index (κ1) is 24.9. The van der Waals surface area contributed by atoms with Crippen molar-refractivity contribution < 1.29 is 22.7 Å².